The third-order valence-corrected chi connectivity index (χ3v) is 3.44. The molecule has 0 aromatic heterocycles. The highest BCUT2D eigenvalue weighted by molar-refractivity contribution is 5.97. The average molecular weight is 292 g/mol. The van der Waals surface area contributed by atoms with Crippen LogP contribution in [-0.4, -0.2) is 38.2 Å². The summed E-state index contributed by atoms with van der Waals surface area (Å²) in [4.78, 5) is 24.7. The number of rotatable bonds is 5. The van der Waals surface area contributed by atoms with Crippen molar-refractivity contribution in [1.29, 1.82) is 0 Å². The van der Waals surface area contributed by atoms with Crippen LogP contribution in [0.2, 0.25) is 0 Å². The number of nitrogens with two attached hydrogens (primary N) is 1. The summed E-state index contributed by atoms with van der Waals surface area (Å²) in [5.41, 5.74) is 7.66. The highest BCUT2D eigenvalue weighted by Gasteiger charge is 2.24. The van der Waals surface area contributed by atoms with Crippen molar-refractivity contribution in [2.45, 2.75) is 25.8 Å². The molecule has 6 heteroatoms. The highest BCUT2D eigenvalue weighted by Crippen LogP contribution is 2.33. The number of carbonyl (C=O) groups excluding carboxylic acids is 2. The van der Waals surface area contributed by atoms with Crippen molar-refractivity contribution in [2.75, 3.05) is 25.2 Å². The molecule has 2 N–H and O–H groups in total. The number of methoxy groups -OCH3 is 1. The standard InChI is InChI=1S/C15H20N2O4/c1-3-17-12-7-10(6-11(16)8-15(19)20-2)4-5-13(12)21-9-14(17)18/h4-5,7,11H,3,6,8-9,16H2,1-2H3. The maximum atomic E-state index is 11.8. The molecule has 21 heavy (non-hydrogen) atoms. The van der Waals surface area contributed by atoms with Gasteiger partial charge in [-0.2, -0.15) is 0 Å². The number of ether oxygens (including phenoxy) is 2. The molecular formula is C15H20N2O4. The minimum absolute atomic E-state index is 0.0546. The number of anilines is 1. The van der Waals surface area contributed by atoms with Crippen molar-refractivity contribution in [3.05, 3.63) is 23.8 Å². The number of fused-ring (bicyclic) bond motifs is 1. The Bertz CT molecular complexity index is 544. The third kappa shape index (κ3) is 3.52. The summed E-state index contributed by atoms with van der Waals surface area (Å²) >= 11 is 0. The minimum atomic E-state index is -0.325. The van der Waals surface area contributed by atoms with Crippen molar-refractivity contribution < 1.29 is 19.1 Å². The van der Waals surface area contributed by atoms with E-state index in [4.69, 9.17) is 10.5 Å². The Kier molecular flexibility index (Phi) is 4.80. The quantitative estimate of drug-likeness (QED) is 0.814. The smallest absolute Gasteiger partial charge is 0.307 e. The van der Waals surface area contributed by atoms with Gasteiger partial charge in [0, 0.05) is 12.6 Å². The van der Waals surface area contributed by atoms with Crippen molar-refractivity contribution in [2.24, 2.45) is 5.73 Å². The van der Waals surface area contributed by atoms with E-state index in [1.54, 1.807) is 4.90 Å². The zero-order valence-electron chi connectivity index (χ0n) is 12.3. The van der Waals surface area contributed by atoms with Gasteiger partial charge >= 0.3 is 5.97 Å². The molecule has 1 amide bonds. The molecule has 0 spiro atoms. The molecule has 0 bridgehead atoms. The van der Waals surface area contributed by atoms with Crippen LogP contribution in [0, 0.1) is 0 Å². The summed E-state index contributed by atoms with van der Waals surface area (Å²) in [7, 11) is 1.34. The topological polar surface area (TPSA) is 81.9 Å². The molecule has 1 unspecified atom stereocenters. The van der Waals surface area contributed by atoms with Crippen molar-refractivity contribution in [3.8, 4) is 5.75 Å². The number of amides is 1. The van der Waals surface area contributed by atoms with Crippen molar-refractivity contribution in [1.82, 2.24) is 0 Å². The summed E-state index contributed by atoms with van der Waals surface area (Å²) in [5, 5.41) is 0. The van der Waals surface area contributed by atoms with Crippen molar-refractivity contribution in [3.63, 3.8) is 0 Å². The van der Waals surface area contributed by atoms with Gasteiger partial charge in [0.2, 0.25) is 0 Å². The molecule has 1 aliphatic heterocycles. The second-order valence-electron chi connectivity index (χ2n) is 4.97. The van der Waals surface area contributed by atoms with E-state index in [0.29, 0.717) is 18.7 Å². The number of nitrogens with zero attached hydrogens (tertiary/aromatic N) is 1. The van der Waals surface area contributed by atoms with Crippen LogP contribution in [0.3, 0.4) is 0 Å². The Balaban J connectivity index is 2.14. The predicted molar refractivity (Wildman–Crippen MR) is 78.3 cm³/mol. The van der Waals surface area contributed by atoms with E-state index in [1.807, 2.05) is 25.1 Å². The van der Waals surface area contributed by atoms with E-state index in [1.165, 1.54) is 7.11 Å². The van der Waals surface area contributed by atoms with Crippen LogP contribution >= 0.6 is 0 Å². The molecule has 0 saturated carbocycles. The summed E-state index contributed by atoms with van der Waals surface area (Å²) in [6.45, 7) is 2.58. The van der Waals surface area contributed by atoms with Crippen LogP contribution in [0.5, 0.6) is 5.75 Å². The number of carbonyl (C=O) groups is 2. The molecule has 1 heterocycles. The normalized spacial score (nSPS) is 15.2. The van der Waals surface area contributed by atoms with Gasteiger partial charge < -0.3 is 20.1 Å². The van der Waals surface area contributed by atoms with E-state index in [0.717, 1.165) is 11.3 Å². The second-order valence-corrected chi connectivity index (χ2v) is 4.97. The summed E-state index contributed by atoms with van der Waals surface area (Å²) in [5.74, 6) is 0.317. The van der Waals surface area contributed by atoms with Gasteiger partial charge in [-0.3, -0.25) is 9.59 Å². The lowest BCUT2D eigenvalue weighted by atomic mass is 10.0. The molecule has 1 aromatic rings. The summed E-state index contributed by atoms with van der Waals surface area (Å²) in [6, 6.07) is 5.32. The molecule has 6 nitrogen and oxygen atoms in total. The molecule has 1 aliphatic rings. The molecule has 114 valence electrons. The number of hydrogen-bond acceptors (Lipinski definition) is 5. The Hall–Kier alpha value is -2.08. The molecule has 2 rings (SSSR count). The Morgan fingerprint density at radius 1 is 1.52 bits per heavy atom. The SMILES string of the molecule is CCN1C(=O)COc2ccc(CC(N)CC(=O)OC)cc21. The first-order valence-electron chi connectivity index (χ1n) is 6.93. The lowest BCUT2D eigenvalue weighted by Gasteiger charge is -2.29. The van der Waals surface area contributed by atoms with Gasteiger partial charge in [-0.1, -0.05) is 6.07 Å². The average Bonchev–Trinajstić information content (AvgIpc) is 2.46. The fourth-order valence-electron chi connectivity index (χ4n) is 2.39. The van der Waals surface area contributed by atoms with Crippen LogP contribution in [-0.2, 0) is 20.7 Å². The minimum Gasteiger partial charge on any atom is -0.482 e. The van der Waals surface area contributed by atoms with E-state index in [2.05, 4.69) is 4.74 Å². The van der Waals surface area contributed by atoms with E-state index in [9.17, 15) is 9.59 Å². The van der Waals surface area contributed by atoms with Gasteiger partial charge in [0.25, 0.3) is 5.91 Å². The fourth-order valence-corrected chi connectivity index (χ4v) is 2.39. The Labute approximate surface area is 123 Å². The monoisotopic (exact) mass is 292 g/mol. The maximum absolute atomic E-state index is 11.8. The molecule has 0 radical (unpaired) electrons. The number of likely N-dealkylation sites (N-methyl/N-ethyl adjacent to an activating group) is 1. The van der Waals surface area contributed by atoms with E-state index >= 15 is 0 Å². The third-order valence-electron chi connectivity index (χ3n) is 3.44. The molecule has 1 atom stereocenters. The lowest BCUT2D eigenvalue weighted by Crippen LogP contribution is -2.38. The molecule has 0 aliphatic carbocycles. The highest BCUT2D eigenvalue weighted by atomic mass is 16.5. The van der Waals surface area contributed by atoms with Gasteiger partial charge in [-0.25, -0.2) is 0 Å². The Morgan fingerprint density at radius 2 is 2.29 bits per heavy atom. The zero-order valence-corrected chi connectivity index (χ0v) is 12.3. The van der Waals surface area contributed by atoms with Crippen LogP contribution in [0.15, 0.2) is 18.2 Å². The number of hydrogen-bond donors (Lipinski definition) is 1. The Morgan fingerprint density at radius 3 is 2.95 bits per heavy atom. The second kappa shape index (κ2) is 6.58. The number of esters is 1. The van der Waals surface area contributed by atoms with Gasteiger partial charge in [-0.05, 0) is 31.0 Å². The van der Waals surface area contributed by atoms with Crippen LogP contribution in [0.1, 0.15) is 18.9 Å². The first kappa shape index (κ1) is 15.3. The van der Waals surface area contributed by atoms with E-state index in [-0.39, 0.29) is 30.9 Å². The maximum Gasteiger partial charge on any atom is 0.307 e. The first-order valence-corrected chi connectivity index (χ1v) is 6.93. The summed E-state index contributed by atoms with van der Waals surface area (Å²) in [6.07, 6.45) is 0.703. The number of benzene rings is 1. The molecular weight excluding hydrogens is 272 g/mol. The predicted octanol–water partition coefficient (Wildman–Crippen LogP) is 0.865. The summed E-state index contributed by atoms with van der Waals surface area (Å²) < 4.78 is 10.0. The first-order chi connectivity index (χ1) is 10.0. The molecule has 0 fully saturated rings. The lowest BCUT2D eigenvalue weighted by molar-refractivity contribution is -0.141. The van der Waals surface area contributed by atoms with Gasteiger partial charge in [0.05, 0.1) is 19.2 Å². The van der Waals surface area contributed by atoms with Gasteiger partial charge in [0.15, 0.2) is 6.61 Å². The van der Waals surface area contributed by atoms with Gasteiger partial charge in [-0.15, -0.1) is 0 Å². The van der Waals surface area contributed by atoms with Crippen molar-refractivity contribution >= 4 is 17.6 Å². The fraction of sp³-hybridized carbons (Fsp3) is 0.467. The molecule has 1 aromatic carbocycles. The van der Waals surface area contributed by atoms with Crippen LogP contribution in [0.25, 0.3) is 0 Å². The van der Waals surface area contributed by atoms with Crippen LogP contribution in [0.4, 0.5) is 5.69 Å². The van der Waals surface area contributed by atoms with E-state index < -0.39 is 0 Å². The van der Waals surface area contributed by atoms with Gasteiger partial charge in [0.1, 0.15) is 5.75 Å². The molecule has 0 saturated heterocycles. The van der Waals surface area contributed by atoms with Crippen LogP contribution < -0.4 is 15.4 Å². The zero-order chi connectivity index (χ0) is 15.4. The largest absolute Gasteiger partial charge is 0.482 e.